The molecular weight excluding hydrogens is 496 g/mol. The van der Waals surface area contributed by atoms with Crippen molar-refractivity contribution in [2.24, 2.45) is 5.92 Å². The quantitative estimate of drug-likeness (QED) is 0.118. The Labute approximate surface area is 229 Å². The second-order valence-electron chi connectivity index (χ2n) is 9.48. The van der Waals surface area contributed by atoms with Crippen LogP contribution in [0.25, 0.3) is 0 Å². The van der Waals surface area contributed by atoms with Crippen molar-refractivity contribution in [2.75, 3.05) is 35.9 Å². The van der Waals surface area contributed by atoms with Gasteiger partial charge in [0.05, 0.1) is 12.5 Å². The molecule has 0 aliphatic heterocycles. The minimum absolute atomic E-state index is 0.111. The van der Waals surface area contributed by atoms with E-state index in [0.717, 1.165) is 41.8 Å². The Morgan fingerprint density at radius 1 is 0.923 bits per heavy atom. The van der Waals surface area contributed by atoms with E-state index in [9.17, 15) is 14.8 Å². The van der Waals surface area contributed by atoms with Crippen LogP contribution in [0, 0.1) is 19.8 Å². The van der Waals surface area contributed by atoms with Crippen molar-refractivity contribution in [1.29, 1.82) is 0 Å². The summed E-state index contributed by atoms with van der Waals surface area (Å²) in [6.07, 6.45) is 3.54. The molecule has 3 aromatic rings. The second kappa shape index (κ2) is 14.1. The number of hydrogen-bond acceptors (Lipinski definition) is 9. The van der Waals surface area contributed by atoms with Crippen LogP contribution in [0.2, 0.25) is 0 Å². The number of hydrazine groups is 1. The summed E-state index contributed by atoms with van der Waals surface area (Å²) in [5, 5.41) is 10.2. The fourth-order valence-corrected chi connectivity index (χ4v) is 4.24. The largest absolute Gasteiger partial charge is 0.313 e. The number of amides is 2. The van der Waals surface area contributed by atoms with E-state index in [1.165, 1.54) is 0 Å². The van der Waals surface area contributed by atoms with Gasteiger partial charge in [0.25, 0.3) is 0 Å². The first-order valence-corrected chi connectivity index (χ1v) is 13.1. The van der Waals surface area contributed by atoms with Gasteiger partial charge in [0.15, 0.2) is 0 Å². The zero-order chi connectivity index (χ0) is 28.4. The van der Waals surface area contributed by atoms with Gasteiger partial charge in [-0.1, -0.05) is 62.6 Å². The number of rotatable bonds is 14. The second-order valence-corrected chi connectivity index (χ2v) is 9.48. The first kappa shape index (κ1) is 29.3. The molecule has 0 fully saturated rings. The maximum absolute atomic E-state index is 13.0. The van der Waals surface area contributed by atoms with Crippen LogP contribution in [0.1, 0.15) is 43.7 Å². The fourth-order valence-electron chi connectivity index (χ4n) is 4.24. The SMILES string of the molecule is CCCCC[C@H](CN(O)C=O)C(=O)NNc1nc(N(C)c2ccccc2C)nc(N(C)c2ccccc2C)n1. The molecule has 11 nitrogen and oxygen atoms in total. The molecular formula is C28H38N8O3. The van der Waals surface area contributed by atoms with E-state index < -0.39 is 5.92 Å². The third kappa shape index (κ3) is 7.87. The predicted octanol–water partition coefficient (Wildman–Crippen LogP) is 4.51. The van der Waals surface area contributed by atoms with E-state index >= 15 is 0 Å². The number of benzene rings is 2. The lowest BCUT2D eigenvalue weighted by atomic mass is 10.0. The first-order chi connectivity index (χ1) is 18.7. The Balaban J connectivity index is 1.91. The molecule has 3 rings (SSSR count). The maximum atomic E-state index is 13.0. The number of hydrogen-bond donors (Lipinski definition) is 3. The van der Waals surface area contributed by atoms with Gasteiger partial charge in [-0.3, -0.25) is 25.6 Å². The summed E-state index contributed by atoms with van der Waals surface area (Å²) >= 11 is 0. The molecule has 0 spiro atoms. The molecule has 0 aliphatic carbocycles. The van der Waals surface area contributed by atoms with Crippen molar-refractivity contribution in [3.05, 3.63) is 59.7 Å². The Morgan fingerprint density at radius 2 is 1.46 bits per heavy atom. The fraction of sp³-hybridized carbons (Fsp3) is 0.393. The lowest BCUT2D eigenvalue weighted by Crippen LogP contribution is -2.40. The summed E-state index contributed by atoms with van der Waals surface area (Å²) in [6, 6.07) is 15.8. The number of aromatic nitrogens is 3. The molecule has 0 bridgehead atoms. The zero-order valence-corrected chi connectivity index (χ0v) is 23.3. The van der Waals surface area contributed by atoms with E-state index in [1.807, 2.05) is 86.3 Å². The molecule has 208 valence electrons. The van der Waals surface area contributed by atoms with Gasteiger partial charge >= 0.3 is 0 Å². The molecule has 0 saturated heterocycles. The Hall–Kier alpha value is -4.25. The highest BCUT2D eigenvalue weighted by Gasteiger charge is 2.22. The summed E-state index contributed by atoms with van der Waals surface area (Å²) in [7, 11) is 3.74. The van der Waals surface area contributed by atoms with Gasteiger partial charge in [0, 0.05) is 25.5 Å². The van der Waals surface area contributed by atoms with Crippen molar-refractivity contribution in [3.8, 4) is 0 Å². The van der Waals surface area contributed by atoms with E-state index in [-0.39, 0.29) is 18.4 Å². The predicted molar refractivity (Wildman–Crippen MR) is 152 cm³/mol. The van der Waals surface area contributed by atoms with Crippen LogP contribution in [-0.2, 0) is 9.59 Å². The van der Waals surface area contributed by atoms with Gasteiger partial charge in [0.2, 0.25) is 30.2 Å². The van der Waals surface area contributed by atoms with Crippen LogP contribution in [0.3, 0.4) is 0 Å². The number of nitrogens with zero attached hydrogens (tertiary/aromatic N) is 6. The minimum Gasteiger partial charge on any atom is -0.313 e. The number of aryl methyl sites for hydroxylation is 2. The summed E-state index contributed by atoms with van der Waals surface area (Å²) in [4.78, 5) is 41.6. The summed E-state index contributed by atoms with van der Waals surface area (Å²) < 4.78 is 0. The average molecular weight is 535 g/mol. The van der Waals surface area contributed by atoms with Gasteiger partial charge < -0.3 is 9.80 Å². The number of carbonyl (C=O) groups excluding carboxylic acids is 2. The molecule has 39 heavy (non-hydrogen) atoms. The minimum atomic E-state index is -0.607. The van der Waals surface area contributed by atoms with Crippen LogP contribution in [-0.4, -0.2) is 58.2 Å². The highest BCUT2D eigenvalue weighted by Crippen LogP contribution is 2.29. The zero-order valence-electron chi connectivity index (χ0n) is 23.3. The molecule has 1 aromatic heterocycles. The average Bonchev–Trinajstić information content (AvgIpc) is 2.95. The molecule has 0 radical (unpaired) electrons. The number of anilines is 5. The normalized spacial score (nSPS) is 11.4. The van der Waals surface area contributed by atoms with Crippen molar-refractivity contribution in [3.63, 3.8) is 0 Å². The van der Waals surface area contributed by atoms with Gasteiger partial charge in [-0.15, -0.1) is 0 Å². The van der Waals surface area contributed by atoms with Gasteiger partial charge in [0.1, 0.15) is 0 Å². The summed E-state index contributed by atoms with van der Waals surface area (Å²) in [5.74, 6) is -0.0750. The molecule has 0 aliphatic rings. The number of nitrogens with one attached hydrogen (secondary N) is 2. The molecule has 2 aromatic carbocycles. The Morgan fingerprint density at radius 3 is 1.95 bits per heavy atom. The van der Waals surface area contributed by atoms with Crippen LogP contribution >= 0.6 is 0 Å². The lowest BCUT2D eigenvalue weighted by Gasteiger charge is -2.24. The standard InChI is InChI=1S/C28H38N8O3/c1-6-7-8-15-22(18-36(39)19-37)25(38)32-33-26-29-27(34(4)23-16-11-9-13-20(23)2)31-28(30-26)35(5)24-17-12-10-14-21(24)3/h9-14,16-17,19,22,39H,6-8,15,18H2,1-5H3,(H,32,38)(H,29,30,31,33)/t22-/m1/s1. The molecule has 11 heteroatoms. The van der Waals surface area contributed by atoms with Crippen molar-refractivity contribution >= 4 is 41.5 Å². The highest BCUT2D eigenvalue weighted by atomic mass is 16.5. The Kier molecular flexibility index (Phi) is 10.6. The number of hydroxylamine groups is 2. The van der Waals surface area contributed by atoms with E-state index in [0.29, 0.717) is 29.8 Å². The molecule has 1 heterocycles. The van der Waals surface area contributed by atoms with Crippen molar-refractivity contribution in [1.82, 2.24) is 25.4 Å². The summed E-state index contributed by atoms with van der Waals surface area (Å²) in [5.41, 5.74) is 9.44. The van der Waals surface area contributed by atoms with Gasteiger partial charge in [-0.25, -0.2) is 5.06 Å². The monoisotopic (exact) mass is 534 g/mol. The number of para-hydroxylation sites is 2. The topological polar surface area (TPSA) is 127 Å². The molecule has 2 amide bonds. The Bertz CT molecular complexity index is 1190. The molecule has 0 unspecified atom stereocenters. The highest BCUT2D eigenvalue weighted by molar-refractivity contribution is 5.80. The maximum Gasteiger partial charge on any atom is 0.248 e. The van der Waals surface area contributed by atoms with Crippen molar-refractivity contribution < 1.29 is 14.8 Å². The van der Waals surface area contributed by atoms with E-state index in [1.54, 1.807) is 0 Å². The van der Waals surface area contributed by atoms with Crippen LogP contribution in [0.15, 0.2) is 48.5 Å². The van der Waals surface area contributed by atoms with Gasteiger partial charge in [-0.2, -0.15) is 15.0 Å². The molecule has 3 N–H and O–H groups in total. The van der Waals surface area contributed by atoms with Gasteiger partial charge in [-0.05, 0) is 43.5 Å². The lowest BCUT2D eigenvalue weighted by molar-refractivity contribution is -0.154. The third-order valence-corrected chi connectivity index (χ3v) is 6.52. The number of carbonyl (C=O) groups is 2. The molecule has 1 atom stereocenters. The third-order valence-electron chi connectivity index (χ3n) is 6.52. The van der Waals surface area contributed by atoms with Crippen LogP contribution in [0.5, 0.6) is 0 Å². The first-order valence-electron chi connectivity index (χ1n) is 13.1. The summed E-state index contributed by atoms with van der Waals surface area (Å²) in [6.45, 7) is 5.98. The smallest absolute Gasteiger partial charge is 0.248 e. The van der Waals surface area contributed by atoms with Crippen molar-refractivity contribution in [2.45, 2.75) is 46.5 Å². The van der Waals surface area contributed by atoms with E-state index in [4.69, 9.17) is 4.98 Å². The van der Waals surface area contributed by atoms with Crippen LogP contribution < -0.4 is 20.7 Å². The number of unbranched alkanes of at least 4 members (excludes halogenated alkanes) is 2. The van der Waals surface area contributed by atoms with Crippen LogP contribution in [0.4, 0.5) is 29.2 Å². The van der Waals surface area contributed by atoms with E-state index in [2.05, 4.69) is 27.7 Å². The molecule has 0 saturated carbocycles.